The van der Waals surface area contributed by atoms with Crippen molar-refractivity contribution < 1.29 is 28.6 Å². The molecule has 0 aliphatic carbocycles. The SMILES string of the molecule is COCCN(C)C(=O)N[C@@H](CCN1CCOCC1)C(=O)C[C@H](CC[C@H](Cc1ccccc1)NC(=O)OCc1cncs1)Cc1ccccc1. The quantitative estimate of drug-likeness (QED) is 0.171. The zero-order valence-corrected chi connectivity index (χ0v) is 29.6. The summed E-state index contributed by atoms with van der Waals surface area (Å²) in [4.78, 5) is 48.9. The third-order valence-electron chi connectivity index (χ3n) is 8.76. The Morgan fingerprint density at radius 2 is 1.65 bits per heavy atom. The lowest BCUT2D eigenvalue weighted by atomic mass is 9.86. The summed E-state index contributed by atoms with van der Waals surface area (Å²) in [5, 5.41) is 6.12. The molecule has 4 rings (SSSR count). The van der Waals surface area contributed by atoms with E-state index < -0.39 is 12.1 Å². The average molecular weight is 694 g/mol. The van der Waals surface area contributed by atoms with Crippen LogP contribution in [-0.2, 0) is 38.5 Å². The van der Waals surface area contributed by atoms with Crippen LogP contribution >= 0.6 is 11.3 Å². The maximum Gasteiger partial charge on any atom is 0.407 e. The summed E-state index contributed by atoms with van der Waals surface area (Å²) >= 11 is 1.44. The molecular weight excluding hydrogens is 643 g/mol. The van der Waals surface area contributed by atoms with Crippen LogP contribution in [-0.4, -0.2) is 105 Å². The van der Waals surface area contributed by atoms with Gasteiger partial charge in [0, 0.05) is 59.0 Å². The molecule has 0 saturated carbocycles. The van der Waals surface area contributed by atoms with E-state index in [9.17, 15) is 14.4 Å². The van der Waals surface area contributed by atoms with Crippen molar-refractivity contribution in [1.29, 1.82) is 0 Å². The summed E-state index contributed by atoms with van der Waals surface area (Å²) in [6, 6.07) is 19.1. The van der Waals surface area contributed by atoms with Gasteiger partial charge in [-0.2, -0.15) is 0 Å². The number of Topliss-reactive ketones (excluding diaryl/α,β-unsaturated/α-hetero) is 1. The maximum atomic E-state index is 14.1. The molecule has 0 bridgehead atoms. The number of nitrogens with zero attached hydrogens (tertiary/aromatic N) is 3. The second-order valence-corrected chi connectivity index (χ2v) is 13.5. The van der Waals surface area contributed by atoms with E-state index in [0.29, 0.717) is 71.4 Å². The molecule has 0 unspecified atom stereocenters. The molecule has 3 atom stereocenters. The van der Waals surface area contributed by atoms with Crippen molar-refractivity contribution in [3.05, 3.63) is 88.4 Å². The van der Waals surface area contributed by atoms with Gasteiger partial charge in [0.05, 0.1) is 36.3 Å². The summed E-state index contributed by atoms with van der Waals surface area (Å²) in [5.74, 6) is 0.0106. The van der Waals surface area contributed by atoms with Gasteiger partial charge >= 0.3 is 12.1 Å². The summed E-state index contributed by atoms with van der Waals surface area (Å²) in [6.45, 7) is 4.64. The lowest BCUT2D eigenvalue weighted by molar-refractivity contribution is -0.122. The van der Waals surface area contributed by atoms with Gasteiger partial charge in [-0.05, 0) is 49.1 Å². The second-order valence-electron chi connectivity index (χ2n) is 12.5. The summed E-state index contributed by atoms with van der Waals surface area (Å²) in [7, 11) is 3.30. The van der Waals surface area contributed by atoms with Crippen molar-refractivity contribution in [3.63, 3.8) is 0 Å². The van der Waals surface area contributed by atoms with Crippen molar-refractivity contribution in [1.82, 2.24) is 25.4 Å². The van der Waals surface area contributed by atoms with Gasteiger partial charge in [-0.1, -0.05) is 60.7 Å². The molecule has 1 aliphatic heterocycles. The Morgan fingerprint density at radius 1 is 0.959 bits per heavy atom. The van der Waals surface area contributed by atoms with Crippen molar-refractivity contribution in [2.24, 2.45) is 5.92 Å². The monoisotopic (exact) mass is 693 g/mol. The van der Waals surface area contributed by atoms with Crippen LogP contribution in [0, 0.1) is 5.92 Å². The molecule has 1 aromatic heterocycles. The Labute approximate surface area is 294 Å². The van der Waals surface area contributed by atoms with E-state index in [1.165, 1.54) is 11.3 Å². The Kier molecular flexibility index (Phi) is 16.5. The molecule has 0 spiro atoms. The number of ketones is 1. The largest absolute Gasteiger partial charge is 0.444 e. The zero-order chi connectivity index (χ0) is 34.7. The van der Waals surface area contributed by atoms with Gasteiger partial charge in [-0.3, -0.25) is 14.7 Å². The standard InChI is InChI=1S/C37H51N5O6S/c1-41(17-20-46-2)36(44)40-34(15-16-42-18-21-47-22-19-42)35(43)25-31(23-29-9-5-3-6-10-29)13-14-32(24-30-11-7-4-8-12-30)39-37(45)48-27-33-26-38-28-49-33/h3-12,26,28,31-32,34H,13-25,27H2,1-2H3,(H,39,45)(H,40,44)/t31-,32-,34+/m1/s1. The molecule has 1 fully saturated rings. The number of rotatable bonds is 20. The van der Waals surface area contributed by atoms with Gasteiger partial charge in [0.15, 0.2) is 5.78 Å². The first-order valence-corrected chi connectivity index (χ1v) is 18.0. The van der Waals surface area contributed by atoms with E-state index in [1.54, 1.807) is 30.8 Å². The molecule has 2 N–H and O–H groups in total. The van der Waals surface area contributed by atoms with E-state index in [2.05, 4.69) is 32.7 Å². The topological polar surface area (TPSA) is 122 Å². The molecule has 2 heterocycles. The lowest BCUT2D eigenvalue weighted by Gasteiger charge is -2.30. The third kappa shape index (κ3) is 14.3. The first-order chi connectivity index (χ1) is 23.9. The number of likely N-dealkylation sites (N-methyl/N-ethyl adjacent to an activating group) is 1. The van der Waals surface area contributed by atoms with Crippen LogP contribution in [0.4, 0.5) is 9.59 Å². The summed E-state index contributed by atoms with van der Waals surface area (Å²) in [6.07, 6.45) is 4.73. The highest BCUT2D eigenvalue weighted by Gasteiger charge is 2.27. The van der Waals surface area contributed by atoms with Crippen LogP contribution in [0.3, 0.4) is 0 Å². The molecule has 1 saturated heterocycles. The number of benzene rings is 2. The van der Waals surface area contributed by atoms with Crippen LogP contribution in [0.2, 0.25) is 0 Å². The first-order valence-electron chi connectivity index (χ1n) is 17.1. The highest BCUT2D eigenvalue weighted by atomic mass is 32.1. The van der Waals surface area contributed by atoms with E-state index in [-0.39, 0.29) is 30.4 Å². The van der Waals surface area contributed by atoms with Crippen molar-refractivity contribution in [3.8, 4) is 0 Å². The van der Waals surface area contributed by atoms with E-state index in [1.807, 2.05) is 48.5 Å². The number of methoxy groups -OCH3 is 1. The van der Waals surface area contributed by atoms with Crippen LogP contribution < -0.4 is 10.6 Å². The van der Waals surface area contributed by atoms with Gasteiger partial charge in [-0.25, -0.2) is 9.59 Å². The minimum atomic E-state index is -0.626. The van der Waals surface area contributed by atoms with Crippen LogP contribution in [0.1, 0.15) is 41.7 Å². The predicted molar refractivity (Wildman–Crippen MR) is 191 cm³/mol. The average Bonchev–Trinajstić information content (AvgIpc) is 3.65. The number of morpholine rings is 1. The Balaban J connectivity index is 1.46. The molecular formula is C37H51N5O6S. The molecule has 1 aliphatic rings. The number of ether oxygens (including phenoxy) is 3. The number of nitrogens with one attached hydrogen (secondary N) is 2. The number of amides is 3. The van der Waals surface area contributed by atoms with Crippen LogP contribution in [0.15, 0.2) is 72.4 Å². The van der Waals surface area contributed by atoms with Gasteiger partial charge in [0.25, 0.3) is 0 Å². The molecule has 2 aromatic carbocycles. The van der Waals surface area contributed by atoms with E-state index in [4.69, 9.17) is 14.2 Å². The summed E-state index contributed by atoms with van der Waals surface area (Å²) < 4.78 is 16.2. The Hall–Kier alpha value is -3.84. The maximum absolute atomic E-state index is 14.1. The second kappa shape index (κ2) is 21.3. The van der Waals surface area contributed by atoms with E-state index >= 15 is 0 Å². The molecule has 3 aromatic rings. The number of urea groups is 1. The molecule has 3 amide bonds. The summed E-state index contributed by atoms with van der Waals surface area (Å²) in [5.41, 5.74) is 3.96. The van der Waals surface area contributed by atoms with Gasteiger partial charge in [0.1, 0.15) is 6.61 Å². The fraction of sp³-hybridized carbons (Fsp3) is 0.514. The fourth-order valence-corrected chi connectivity index (χ4v) is 6.41. The van der Waals surface area contributed by atoms with Gasteiger partial charge < -0.3 is 29.7 Å². The molecule has 12 heteroatoms. The molecule has 266 valence electrons. The Bertz CT molecular complexity index is 1370. The minimum Gasteiger partial charge on any atom is -0.444 e. The predicted octanol–water partition coefficient (Wildman–Crippen LogP) is 4.96. The number of hydrogen-bond donors (Lipinski definition) is 2. The zero-order valence-electron chi connectivity index (χ0n) is 28.8. The molecule has 0 radical (unpaired) electrons. The van der Waals surface area contributed by atoms with Crippen LogP contribution in [0.5, 0.6) is 0 Å². The highest BCUT2D eigenvalue weighted by Crippen LogP contribution is 2.22. The van der Waals surface area contributed by atoms with Gasteiger partial charge in [0.2, 0.25) is 0 Å². The number of aromatic nitrogens is 1. The van der Waals surface area contributed by atoms with Crippen molar-refractivity contribution in [2.45, 2.75) is 57.2 Å². The first kappa shape index (κ1) is 38.0. The Morgan fingerprint density at radius 3 is 2.31 bits per heavy atom. The highest BCUT2D eigenvalue weighted by molar-refractivity contribution is 7.09. The smallest absolute Gasteiger partial charge is 0.407 e. The van der Waals surface area contributed by atoms with Crippen molar-refractivity contribution in [2.75, 3.05) is 60.2 Å². The fourth-order valence-electron chi connectivity index (χ4n) is 5.91. The van der Waals surface area contributed by atoms with Crippen LogP contribution in [0.25, 0.3) is 0 Å². The number of carbonyl (C=O) groups is 3. The van der Waals surface area contributed by atoms with Crippen molar-refractivity contribution >= 4 is 29.2 Å². The van der Waals surface area contributed by atoms with Gasteiger partial charge in [-0.15, -0.1) is 11.3 Å². The number of hydrogen-bond acceptors (Lipinski definition) is 9. The molecule has 49 heavy (non-hydrogen) atoms. The third-order valence-corrected chi connectivity index (χ3v) is 9.51. The lowest BCUT2D eigenvalue weighted by Crippen LogP contribution is -2.49. The molecule has 11 nitrogen and oxygen atoms in total. The van der Waals surface area contributed by atoms with E-state index in [0.717, 1.165) is 29.1 Å². The number of thiazole rings is 1. The minimum absolute atomic E-state index is 0.00260. The normalized spacial score (nSPS) is 15.1. The number of alkyl carbamates (subject to hydrolysis) is 1. The number of carbonyl (C=O) groups excluding carboxylic acids is 3.